The van der Waals surface area contributed by atoms with E-state index in [-0.39, 0.29) is 24.1 Å². The Kier molecular flexibility index (Phi) is 5.20. The molecule has 2 amide bonds. The quantitative estimate of drug-likeness (QED) is 0.788. The Morgan fingerprint density at radius 1 is 1.50 bits per heavy atom. The van der Waals surface area contributed by atoms with Gasteiger partial charge in [0.15, 0.2) is 5.82 Å². The number of nitrogens with zero attached hydrogens (tertiary/aromatic N) is 1. The fourth-order valence-electron chi connectivity index (χ4n) is 1.90. The van der Waals surface area contributed by atoms with Gasteiger partial charge in [0.2, 0.25) is 0 Å². The lowest BCUT2D eigenvalue weighted by Gasteiger charge is -2.16. The molecule has 2 heterocycles. The molecule has 0 bridgehead atoms. The number of aromatic nitrogens is 1. The van der Waals surface area contributed by atoms with Crippen LogP contribution in [0.25, 0.3) is 0 Å². The average Bonchev–Trinajstić information content (AvgIpc) is 3.08. The van der Waals surface area contributed by atoms with Gasteiger partial charge in [0.25, 0.3) is 0 Å². The zero-order chi connectivity index (χ0) is 16.2. The van der Waals surface area contributed by atoms with Crippen LogP contribution in [0.3, 0.4) is 0 Å². The highest BCUT2D eigenvalue weighted by atomic mass is 32.1. The molecule has 2 rings (SSSR count). The van der Waals surface area contributed by atoms with E-state index in [0.29, 0.717) is 18.0 Å². The molecule has 0 unspecified atom stereocenters. The van der Waals surface area contributed by atoms with Gasteiger partial charge in [-0.15, -0.1) is 11.3 Å². The predicted molar refractivity (Wildman–Crippen MR) is 86.1 cm³/mol. The number of thiophene rings is 1. The van der Waals surface area contributed by atoms with E-state index in [1.54, 1.807) is 6.07 Å². The highest BCUT2D eigenvalue weighted by Crippen LogP contribution is 2.25. The van der Waals surface area contributed by atoms with Gasteiger partial charge in [-0.05, 0) is 17.9 Å². The van der Waals surface area contributed by atoms with Crippen molar-refractivity contribution in [3.05, 3.63) is 34.2 Å². The van der Waals surface area contributed by atoms with Gasteiger partial charge in [0.05, 0.1) is 6.04 Å². The minimum Gasteiger partial charge on any atom is -0.396 e. The van der Waals surface area contributed by atoms with E-state index < -0.39 is 0 Å². The molecule has 0 aliphatic heterocycles. The van der Waals surface area contributed by atoms with Crippen molar-refractivity contribution in [1.29, 1.82) is 0 Å². The summed E-state index contributed by atoms with van der Waals surface area (Å²) in [5.41, 5.74) is -0.167. The molecule has 0 aromatic carbocycles. The summed E-state index contributed by atoms with van der Waals surface area (Å²) in [5.74, 6) is 1.07. The molecule has 0 spiro atoms. The third kappa shape index (κ3) is 4.32. The Balaban J connectivity index is 1.98. The lowest BCUT2D eigenvalue weighted by Crippen LogP contribution is -2.32. The molecule has 0 radical (unpaired) electrons. The van der Waals surface area contributed by atoms with Gasteiger partial charge >= 0.3 is 6.03 Å². The maximum Gasteiger partial charge on any atom is 0.321 e. The van der Waals surface area contributed by atoms with Crippen LogP contribution in [0.4, 0.5) is 10.6 Å². The van der Waals surface area contributed by atoms with Crippen LogP contribution in [0.2, 0.25) is 0 Å². The van der Waals surface area contributed by atoms with Gasteiger partial charge in [0, 0.05) is 23.0 Å². The number of carbonyl (C=O) groups excluding carboxylic acids is 1. The first-order valence-electron chi connectivity index (χ1n) is 7.09. The number of nitrogens with one attached hydrogen (secondary N) is 2. The second-order valence-electron chi connectivity index (χ2n) is 6.01. The summed E-state index contributed by atoms with van der Waals surface area (Å²) in [5, 5.41) is 20.4. The Morgan fingerprint density at radius 3 is 2.82 bits per heavy atom. The maximum absolute atomic E-state index is 12.1. The number of rotatable bonds is 5. The van der Waals surface area contributed by atoms with E-state index in [1.165, 1.54) is 11.3 Å². The summed E-state index contributed by atoms with van der Waals surface area (Å²) in [6, 6.07) is 4.96. The fourth-order valence-corrected chi connectivity index (χ4v) is 2.71. The molecule has 7 heteroatoms. The Labute approximate surface area is 133 Å². The van der Waals surface area contributed by atoms with Gasteiger partial charge < -0.3 is 14.9 Å². The van der Waals surface area contributed by atoms with Gasteiger partial charge in [-0.25, -0.2) is 4.79 Å². The standard InChI is InChI=1S/C15H21N3O3S/c1-15(2,3)12-9-13(18-21-12)17-14(20)16-10(6-7-19)11-5-4-8-22-11/h4-5,8-10,19H,6-7H2,1-3H3,(H2,16,17,18,20)/t10-/m1/s1. The van der Waals surface area contributed by atoms with E-state index >= 15 is 0 Å². The zero-order valence-corrected chi connectivity index (χ0v) is 13.7. The molecular weight excluding hydrogens is 302 g/mol. The smallest absolute Gasteiger partial charge is 0.321 e. The largest absolute Gasteiger partial charge is 0.396 e. The van der Waals surface area contributed by atoms with Crippen molar-refractivity contribution in [3.8, 4) is 0 Å². The number of amides is 2. The summed E-state index contributed by atoms with van der Waals surface area (Å²) in [6.45, 7) is 6.02. The van der Waals surface area contributed by atoms with Crippen LogP contribution < -0.4 is 10.6 Å². The summed E-state index contributed by atoms with van der Waals surface area (Å²) >= 11 is 1.54. The van der Waals surface area contributed by atoms with Gasteiger partial charge in [0.1, 0.15) is 5.76 Å². The van der Waals surface area contributed by atoms with Crippen LogP contribution in [-0.2, 0) is 5.41 Å². The number of anilines is 1. The highest BCUT2D eigenvalue weighted by Gasteiger charge is 2.21. The average molecular weight is 323 g/mol. The molecule has 0 aliphatic carbocycles. The highest BCUT2D eigenvalue weighted by molar-refractivity contribution is 7.10. The van der Waals surface area contributed by atoms with Gasteiger partial charge in [-0.1, -0.05) is 32.0 Å². The van der Waals surface area contributed by atoms with Crippen LogP contribution >= 0.6 is 11.3 Å². The molecule has 2 aromatic rings. The van der Waals surface area contributed by atoms with Crippen LogP contribution in [-0.4, -0.2) is 22.9 Å². The van der Waals surface area contributed by atoms with Crippen LogP contribution in [0.15, 0.2) is 28.1 Å². The second-order valence-corrected chi connectivity index (χ2v) is 6.98. The molecule has 0 saturated heterocycles. The molecular formula is C15H21N3O3S. The third-order valence-corrected chi connectivity index (χ3v) is 4.09. The first kappa shape index (κ1) is 16.5. The predicted octanol–water partition coefficient (Wildman–Crippen LogP) is 3.28. The third-order valence-electron chi connectivity index (χ3n) is 3.10. The molecule has 22 heavy (non-hydrogen) atoms. The normalized spacial score (nSPS) is 12.9. The molecule has 3 N–H and O–H groups in total. The van der Waals surface area contributed by atoms with Crippen LogP contribution in [0.1, 0.15) is 43.9 Å². The zero-order valence-electron chi connectivity index (χ0n) is 12.9. The molecule has 1 atom stereocenters. The minimum atomic E-state index is -0.374. The Hall–Kier alpha value is -1.86. The monoisotopic (exact) mass is 323 g/mol. The van der Waals surface area contributed by atoms with E-state index in [9.17, 15) is 4.79 Å². The van der Waals surface area contributed by atoms with Crippen molar-refractivity contribution < 1.29 is 14.4 Å². The van der Waals surface area contributed by atoms with E-state index in [0.717, 1.165) is 4.88 Å². The maximum atomic E-state index is 12.1. The van der Waals surface area contributed by atoms with Crippen molar-refractivity contribution in [2.45, 2.75) is 38.6 Å². The molecule has 0 saturated carbocycles. The van der Waals surface area contributed by atoms with Crippen molar-refractivity contribution >= 4 is 23.2 Å². The summed E-state index contributed by atoms with van der Waals surface area (Å²) in [6.07, 6.45) is 0.458. The first-order valence-corrected chi connectivity index (χ1v) is 7.97. The van der Waals surface area contributed by atoms with Crippen molar-refractivity contribution in [1.82, 2.24) is 10.5 Å². The molecule has 120 valence electrons. The van der Waals surface area contributed by atoms with Crippen molar-refractivity contribution in [2.75, 3.05) is 11.9 Å². The number of hydrogen-bond donors (Lipinski definition) is 3. The van der Waals surface area contributed by atoms with E-state index in [2.05, 4.69) is 15.8 Å². The number of aliphatic hydroxyl groups is 1. The topological polar surface area (TPSA) is 87.4 Å². The first-order chi connectivity index (χ1) is 10.4. The van der Waals surface area contributed by atoms with Crippen LogP contribution in [0, 0.1) is 0 Å². The number of urea groups is 1. The lowest BCUT2D eigenvalue weighted by molar-refractivity contribution is 0.239. The second kappa shape index (κ2) is 6.93. The molecule has 0 fully saturated rings. The van der Waals surface area contributed by atoms with Crippen molar-refractivity contribution in [3.63, 3.8) is 0 Å². The van der Waals surface area contributed by atoms with Gasteiger partial charge in [-0.2, -0.15) is 0 Å². The summed E-state index contributed by atoms with van der Waals surface area (Å²) in [4.78, 5) is 13.1. The molecule has 0 aliphatic rings. The summed E-state index contributed by atoms with van der Waals surface area (Å²) in [7, 11) is 0. The number of hydrogen-bond acceptors (Lipinski definition) is 5. The minimum absolute atomic E-state index is 0.000971. The molecule has 6 nitrogen and oxygen atoms in total. The Bertz CT molecular complexity index is 602. The lowest BCUT2D eigenvalue weighted by atomic mass is 9.93. The van der Waals surface area contributed by atoms with Gasteiger partial charge in [-0.3, -0.25) is 5.32 Å². The van der Waals surface area contributed by atoms with Crippen LogP contribution in [0.5, 0.6) is 0 Å². The van der Waals surface area contributed by atoms with E-state index in [4.69, 9.17) is 9.63 Å². The summed E-state index contributed by atoms with van der Waals surface area (Å²) < 4.78 is 5.22. The van der Waals surface area contributed by atoms with Crippen molar-refractivity contribution in [2.24, 2.45) is 0 Å². The number of carbonyl (C=O) groups is 1. The van der Waals surface area contributed by atoms with E-state index in [1.807, 2.05) is 38.3 Å². The SMILES string of the molecule is CC(C)(C)c1cc(NC(=O)N[C@H](CCO)c2cccs2)no1. The molecule has 2 aromatic heterocycles. The number of aliphatic hydroxyl groups excluding tert-OH is 1. The Morgan fingerprint density at radius 2 is 2.27 bits per heavy atom. The fraction of sp³-hybridized carbons (Fsp3) is 0.467.